The summed E-state index contributed by atoms with van der Waals surface area (Å²) in [4.78, 5) is 12.6. The van der Waals surface area contributed by atoms with Crippen molar-refractivity contribution in [3.63, 3.8) is 0 Å². The van der Waals surface area contributed by atoms with E-state index in [2.05, 4.69) is 5.32 Å². The highest BCUT2D eigenvalue weighted by atomic mass is 32.2. The van der Waals surface area contributed by atoms with Gasteiger partial charge in [0.05, 0.1) is 15.7 Å². The lowest BCUT2D eigenvalue weighted by molar-refractivity contribution is -0.121. The van der Waals surface area contributed by atoms with E-state index in [-0.39, 0.29) is 11.4 Å². The Balaban J connectivity index is 2.84. The summed E-state index contributed by atoms with van der Waals surface area (Å²) in [7, 11) is -1.44. The van der Waals surface area contributed by atoms with Crippen LogP contribution < -0.4 is 11.1 Å². The van der Waals surface area contributed by atoms with Crippen LogP contribution in [0.25, 0.3) is 0 Å². The number of para-hydroxylation sites is 1. The standard InChI is InChI=1S/C14H22N2O2S/c1-5-14(3,4)16-13(17)10(2)19(18)12-9-7-6-8-11(12)15/h6-10H,5,15H2,1-4H3,(H,16,17). The Hall–Kier alpha value is -1.36. The van der Waals surface area contributed by atoms with Gasteiger partial charge in [0.2, 0.25) is 5.91 Å². The third-order valence-corrected chi connectivity index (χ3v) is 4.83. The van der Waals surface area contributed by atoms with Crippen molar-refractivity contribution in [2.45, 2.75) is 49.8 Å². The largest absolute Gasteiger partial charge is 0.398 e. The zero-order chi connectivity index (χ0) is 14.6. The fourth-order valence-electron chi connectivity index (χ4n) is 1.47. The van der Waals surface area contributed by atoms with Gasteiger partial charge in [0.15, 0.2) is 0 Å². The van der Waals surface area contributed by atoms with Crippen molar-refractivity contribution < 1.29 is 9.00 Å². The van der Waals surface area contributed by atoms with E-state index in [1.54, 1.807) is 31.2 Å². The van der Waals surface area contributed by atoms with Crippen LogP contribution in [0.15, 0.2) is 29.2 Å². The molecular weight excluding hydrogens is 260 g/mol. The maximum atomic E-state index is 12.4. The Morgan fingerprint density at radius 2 is 2.00 bits per heavy atom. The number of nitrogen functional groups attached to an aromatic ring is 1. The van der Waals surface area contributed by atoms with Crippen LogP contribution in [-0.4, -0.2) is 20.9 Å². The van der Waals surface area contributed by atoms with Crippen LogP contribution in [0.2, 0.25) is 0 Å². The van der Waals surface area contributed by atoms with E-state index in [1.165, 1.54) is 0 Å². The average molecular weight is 282 g/mol. The molecule has 0 saturated carbocycles. The molecule has 2 atom stereocenters. The van der Waals surface area contributed by atoms with Crippen LogP contribution in [-0.2, 0) is 15.6 Å². The first kappa shape index (κ1) is 15.7. The Labute approximate surface area is 117 Å². The fourth-order valence-corrected chi connectivity index (χ4v) is 2.62. The van der Waals surface area contributed by atoms with Gasteiger partial charge in [0.25, 0.3) is 0 Å². The molecule has 106 valence electrons. The van der Waals surface area contributed by atoms with Crippen molar-refractivity contribution in [1.82, 2.24) is 5.32 Å². The number of carbonyl (C=O) groups excluding carboxylic acids is 1. The van der Waals surface area contributed by atoms with Crippen LogP contribution in [0.5, 0.6) is 0 Å². The van der Waals surface area contributed by atoms with Gasteiger partial charge in [0, 0.05) is 11.2 Å². The summed E-state index contributed by atoms with van der Waals surface area (Å²) in [6, 6.07) is 6.93. The van der Waals surface area contributed by atoms with Crippen molar-refractivity contribution in [3.05, 3.63) is 24.3 Å². The maximum Gasteiger partial charge on any atom is 0.236 e. The summed E-state index contributed by atoms with van der Waals surface area (Å²) in [5.41, 5.74) is 5.95. The van der Waals surface area contributed by atoms with Crippen molar-refractivity contribution >= 4 is 22.4 Å². The quantitative estimate of drug-likeness (QED) is 0.812. The third-order valence-electron chi connectivity index (χ3n) is 3.17. The highest BCUT2D eigenvalue weighted by Gasteiger charge is 2.27. The zero-order valence-corrected chi connectivity index (χ0v) is 12.7. The summed E-state index contributed by atoms with van der Waals surface area (Å²) in [6.45, 7) is 7.54. The van der Waals surface area contributed by atoms with Crippen molar-refractivity contribution in [2.24, 2.45) is 0 Å². The number of nitrogens with two attached hydrogens (primary N) is 1. The number of nitrogens with one attached hydrogen (secondary N) is 1. The minimum absolute atomic E-state index is 0.214. The second-order valence-corrected chi connectivity index (χ2v) is 6.95. The molecule has 0 aromatic heterocycles. The highest BCUT2D eigenvalue weighted by molar-refractivity contribution is 7.86. The van der Waals surface area contributed by atoms with Gasteiger partial charge in [-0.3, -0.25) is 9.00 Å². The minimum Gasteiger partial charge on any atom is -0.398 e. The number of hydrogen-bond donors (Lipinski definition) is 2. The molecule has 19 heavy (non-hydrogen) atoms. The van der Waals surface area contributed by atoms with Crippen molar-refractivity contribution in [3.8, 4) is 0 Å². The summed E-state index contributed by atoms with van der Waals surface area (Å²) in [6.07, 6.45) is 0.811. The monoisotopic (exact) mass is 282 g/mol. The first-order chi connectivity index (χ1) is 8.78. The van der Waals surface area contributed by atoms with Crippen molar-refractivity contribution in [2.75, 3.05) is 5.73 Å². The molecule has 0 aliphatic heterocycles. The number of rotatable bonds is 5. The number of carbonyl (C=O) groups is 1. The molecule has 0 aliphatic carbocycles. The molecule has 5 heteroatoms. The van der Waals surface area contributed by atoms with E-state index in [0.717, 1.165) is 6.42 Å². The summed E-state index contributed by atoms with van der Waals surface area (Å²) in [5, 5.41) is 2.27. The molecule has 1 rings (SSSR count). The molecule has 0 aliphatic rings. The number of benzene rings is 1. The number of amides is 1. The van der Waals surface area contributed by atoms with E-state index < -0.39 is 16.0 Å². The average Bonchev–Trinajstić information content (AvgIpc) is 2.37. The van der Waals surface area contributed by atoms with Crippen LogP contribution in [0.1, 0.15) is 34.1 Å². The Morgan fingerprint density at radius 1 is 1.42 bits per heavy atom. The molecular formula is C14H22N2O2S. The predicted octanol–water partition coefficient (Wildman–Crippen LogP) is 2.07. The van der Waals surface area contributed by atoms with Gasteiger partial charge in [-0.25, -0.2) is 0 Å². The molecule has 1 aromatic carbocycles. The van der Waals surface area contributed by atoms with Crippen molar-refractivity contribution in [1.29, 1.82) is 0 Å². The first-order valence-corrected chi connectivity index (χ1v) is 7.57. The molecule has 2 unspecified atom stereocenters. The Bertz CT molecular complexity index is 486. The minimum atomic E-state index is -1.44. The molecule has 0 heterocycles. The molecule has 1 amide bonds. The molecule has 0 radical (unpaired) electrons. The van der Waals surface area contributed by atoms with E-state index in [1.807, 2.05) is 20.8 Å². The highest BCUT2D eigenvalue weighted by Crippen LogP contribution is 2.19. The summed E-state index contributed by atoms with van der Waals surface area (Å²) < 4.78 is 12.4. The van der Waals surface area contributed by atoms with Gasteiger partial charge in [0.1, 0.15) is 5.25 Å². The zero-order valence-electron chi connectivity index (χ0n) is 11.9. The Morgan fingerprint density at radius 3 is 2.53 bits per heavy atom. The third kappa shape index (κ3) is 4.06. The molecule has 1 aromatic rings. The molecule has 0 saturated heterocycles. The van der Waals surface area contributed by atoms with Gasteiger partial charge in [-0.05, 0) is 39.3 Å². The predicted molar refractivity (Wildman–Crippen MR) is 79.2 cm³/mol. The number of hydrogen-bond acceptors (Lipinski definition) is 3. The second-order valence-electron chi connectivity index (χ2n) is 5.20. The fraction of sp³-hybridized carbons (Fsp3) is 0.500. The van der Waals surface area contributed by atoms with E-state index in [4.69, 9.17) is 5.73 Å². The van der Waals surface area contributed by atoms with E-state index in [9.17, 15) is 9.00 Å². The van der Waals surface area contributed by atoms with Gasteiger partial charge in [-0.15, -0.1) is 0 Å². The second kappa shape index (κ2) is 6.19. The van der Waals surface area contributed by atoms with Gasteiger partial charge in [-0.2, -0.15) is 0 Å². The van der Waals surface area contributed by atoms with Gasteiger partial charge < -0.3 is 11.1 Å². The lowest BCUT2D eigenvalue weighted by atomic mass is 10.0. The van der Waals surface area contributed by atoms with E-state index in [0.29, 0.717) is 10.6 Å². The summed E-state index contributed by atoms with van der Waals surface area (Å²) in [5.74, 6) is -0.214. The molecule has 0 bridgehead atoms. The molecule has 3 N–H and O–H groups in total. The van der Waals surface area contributed by atoms with Crippen LogP contribution >= 0.6 is 0 Å². The topological polar surface area (TPSA) is 72.2 Å². The van der Waals surface area contributed by atoms with Crippen LogP contribution in [0, 0.1) is 0 Å². The lowest BCUT2D eigenvalue weighted by Gasteiger charge is -2.26. The summed E-state index contributed by atoms with van der Waals surface area (Å²) >= 11 is 0. The lowest BCUT2D eigenvalue weighted by Crippen LogP contribution is -2.47. The molecule has 0 spiro atoms. The smallest absolute Gasteiger partial charge is 0.236 e. The van der Waals surface area contributed by atoms with Crippen LogP contribution in [0.4, 0.5) is 5.69 Å². The maximum absolute atomic E-state index is 12.4. The molecule has 0 fully saturated rings. The van der Waals surface area contributed by atoms with Crippen LogP contribution in [0.3, 0.4) is 0 Å². The number of anilines is 1. The van der Waals surface area contributed by atoms with E-state index >= 15 is 0 Å². The SMILES string of the molecule is CCC(C)(C)NC(=O)C(C)S(=O)c1ccccc1N. The molecule has 4 nitrogen and oxygen atoms in total. The Kier molecular flexibility index (Phi) is 5.11. The van der Waals surface area contributed by atoms with Gasteiger partial charge >= 0.3 is 0 Å². The normalized spacial score (nSPS) is 14.7. The van der Waals surface area contributed by atoms with Gasteiger partial charge in [-0.1, -0.05) is 19.1 Å². The first-order valence-electron chi connectivity index (χ1n) is 6.35.